The van der Waals surface area contributed by atoms with Gasteiger partial charge in [0.25, 0.3) is 5.89 Å². The predicted octanol–water partition coefficient (Wildman–Crippen LogP) is 4.19. The Morgan fingerprint density at radius 1 is 1.12 bits per heavy atom. The van der Waals surface area contributed by atoms with Crippen molar-refractivity contribution < 1.29 is 27.2 Å². The third-order valence-electron chi connectivity index (χ3n) is 6.05. The zero-order chi connectivity index (χ0) is 23.6. The van der Waals surface area contributed by atoms with Crippen molar-refractivity contribution in [2.75, 3.05) is 7.11 Å². The number of sulfone groups is 1. The van der Waals surface area contributed by atoms with Crippen molar-refractivity contribution in [3.8, 4) is 17.1 Å². The van der Waals surface area contributed by atoms with Gasteiger partial charge in [-0.1, -0.05) is 42.3 Å². The maximum Gasteiger partial charge on any atom is 0.328 e. The maximum atomic E-state index is 13.7. The maximum absolute atomic E-state index is 13.7. The number of nitrogens with zero attached hydrogens (tertiary/aromatic N) is 2. The van der Waals surface area contributed by atoms with Crippen molar-refractivity contribution in [3.05, 3.63) is 59.5 Å². The Morgan fingerprint density at radius 2 is 1.88 bits per heavy atom. The van der Waals surface area contributed by atoms with Crippen molar-refractivity contribution in [1.82, 2.24) is 10.1 Å². The summed E-state index contributed by atoms with van der Waals surface area (Å²) in [4.78, 5) is 17.7. The molecule has 2 aromatic carbocycles. The number of aryl methyl sites for hydroxylation is 2. The molecule has 3 aromatic rings. The van der Waals surface area contributed by atoms with E-state index < -0.39 is 20.6 Å². The summed E-state index contributed by atoms with van der Waals surface area (Å²) in [5.41, 5.74) is 2.11. The number of hydrogen-bond donors (Lipinski definition) is 0. The first-order valence-corrected chi connectivity index (χ1v) is 12.2. The zero-order valence-corrected chi connectivity index (χ0v) is 19.6. The van der Waals surface area contributed by atoms with Crippen LogP contribution < -0.4 is 4.74 Å². The molecule has 1 heterocycles. The number of aromatic nitrogens is 2. The molecular weight excluding hydrogens is 444 g/mol. The lowest BCUT2D eigenvalue weighted by atomic mass is 10.1. The highest BCUT2D eigenvalue weighted by atomic mass is 32.2. The van der Waals surface area contributed by atoms with Crippen LogP contribution in [0.2, 0.25) is 0 Å². The molecule has 0 radical (unpaired) electrons. The molecule has 8 nitrogen and oxygen atoms in total. The summed E-state index contributed by atoms with van der Waals surface area (Å²) in [6.07, 6.45) is 1.72. The lowest BCUT2D eigenvalue weighted by Crippen LogP contribution is -2.45. The number of hydrogen-bond acceptors (Lipinski definition) is 8. The molecule has 1 saturated carbocycles. The number of esters is 1. The Balaban J connectivity index is 1.55. The third-order valence-corrected chi connectivity index (χ3v) is 8.68. The molecule has 1 aliphatic rings. The fourth-order valence-electron chi connectivity index (χ4n) is 4.19. The van der Waals surface area contributed by atoms with E-state index in [0.717, 1.165) is 5.56 Å². The molecular formula is C24H26N2O6S. The summed E-state index contributed by atoms with van der Waals surface area (Å²) in [5, 5.41) is 3.92. The number of carbonyl (C=O) groups is 1. The van der Waals surface area contributed by atoms with Gasteiger partial charge >= 0.3 is 5.97 Å². The van der Waals surface area contributed by atoms with Gasteiger partial charge in [0, 0.05) is 5.56 Å². The fourth-order valence-corrected chi connectivity index (χ4v) is 6.55. The molecule has 174 valence electrons. The highest BCUT2D eigenvalue weighted by Gasteiger charge is 2.54. The lowest BCUT2D eigenvalue weighted by molar-refractivity contribution is -0.148. The molecule has 0 atom stereocenters. The number of rotatable bonds is 7. The largest absolute Gasteiger partial charge is 0.497 e. The first kappa shape index (κ1) is 23.0. The van der Waals surface area contributed by atoms with Crippen molar-refractivity contribution in [2.24, 2.45) is 0 Å². The Kier molecular flexibility index (Phi) is 6.25. The summed E-state index contributed by atoms with van der Waals surface area (Å²) in [5.74, 6) is 0.268. The molecule has 0 N–H and O–H groups in total. The van der Waals surface area contributed by atoms with Gasteiger partial charge in [-0.25, -0.2) is 8.42 Å². The van der Waals surface area contributed by atoms with Gasteiger partial charge in [0.2, 0.25) is 5.82 Å². The molecule has 0 saturated heterocycles. The monoisotopic (exact) mass is 470 g/mol. The van der Waals surface area contributed by atoms with Gasteiger partial charge in [-0.15, -0.1) is 0 Å². The standard InChI is InChI=1S/C24H26N2O6S/c1-16-9-10-17(2)20(13-16)33(28,29)24(11-4-5-12-24)23(27)31-15-21-25-22(26-32-21)18-7-6-8-19(14-18)30-3/h6-10,13-14H,4-5,11-12,15H2,1-3H3. The average molecular weight is 471 g/mol. The second kappa shape index (κ2) is 8.97. The van der Waals surface area contributed by atoms with Gasteiger partial charge < -0.3 is 14.0 Å². The smallest absolute Gasteiger partial charge is 0.328 e. The van der Waals surface area contributed by atoms with E-state index in [9.17, 15) is 13.2 Å². The topological polar surface area (TPSA) is 109 Å². The van der Waals surface area contributed by atoms with E-state index in [1.54, 1.807) is 50.4 Å². The SMILES string of the molecule is COc1cccc(-c2noc(COC(=O)C3(S(=O)(=O)c4cc(C)ccc4C)CCCC3)n2)c1. The van der Waals surface area contributed by atoms with Crippen molar-refractivity contribution >= 4 is 15.8 Å². The van der Waals surface area contributed by atoms with Gasteiger partial charge in [0.05, 0.1) is 12.0 Å². The molecule has 1 aliphatic carbocycles. The number of carbonyl (C=O) groups excluding carboxylic acids is 1. The molecule has 0 amide bonds. The quantitative estimate of drug-likeness (QED) is 0.473. The molecule has 0 aliphatic heterocycles. The molecule has 0 bridgehead atoms. The Labute approximate surface area is 192 Å². The van der Waals surface area contributed by atoms with E-state index in [1.807, 2.05) is 13.0 Å². The molecule has 33 heavy (non-hydrogen) atoms. The zero-order valence-electron chi connectivity index (χ0n) is 18.8. The molecule has 0 unspecified atom stereocenters. The van der Waals surface area contributed by atoms with Crippen LogP contribution in [0.15, 0.2) is 51.9 Å². The van der Waals surface area contributed by atoms with Crippen LogP contribution in [0, 0.1) is 13.8 Å². The van der Waals surface area contributed by atoms with E-state index in [-0.39, 0.29) is 30.2 Å². The summed E-state index contributed by atoms with van der Waals surface area (Å²) in [6, 6.07) is 12.4. The number of benzene rings is 2. The van der Waals surface area contributed by atoms with E-state index in [2.05, 4.69) is 10.1 Å². The first-order valence-electron chi connectivity index (χ1n) is 10.7. The molecule has 9 heteroatoms. The van der Waals surface area contributed by atoms with Crippen LogP contribution in [-0.4, -0.2) is 36.4 Å². The van der Waals surface area contributed by atoms with Crippen molar-refractivity contribution in [1.29, 1.82) is 0 Å². The minimum Gasteiger partial charge on any atom is -0.497 e. The lowest BCUT2D eigenvalue weighted by Gasteiger charge is -2.27. The fraction of sp³-hybridized carbons (Fsp3) is 0.375. The number of methoxy groups -OCH3 is 1. The normalized spacial score (nSPS) is 15.4. The van der Waals surface area contributed by atoms with Crippen LogP contribution in [0.5, 0.6) is 5.75 Å². The van der Waals surface area contributed by atoms with E-state index in [4.69, 9.17) is 14.0 Å². The minimum absolute atomic E-state index is 0.0819. The summed E-state index contributed by atoms with van der Waals surface area (Å²) >= 11 is 0. The minimum atomic E-state index is -3.96. The van der Waals surface area contributed by atoms with Crippen LogP contribution in [0.1, 0.15) is 42.7 Å². The predicted molar refractivity (Wildman–Crippen MR) is 120 cm³/mol. The average Bonchev–Trinajstić information content (AvgIpc) is 3.50. The van der Waals surface area contributed by atoms with Gasteiger partial charge in [-0.3, -0.25) is 4.79 Å². The summed E-state index contributed by atoms with van der Waals surface area (Å²) in [6.45, 7) is 3.26. The van der Waals surface area contributed by atoms with E-state index >= 15 is 0 Å². The molecule has 0 spiro atoms. The first-order chi connectivity index (χ1) is 15.8. The second-order valence-corrected chi connectivity index (χ2v) is 10.5. The Hall–Kier alpha value is -3.20. The second-order valence-electron chi connectivity index (χ2n) is 8.29. The van der Waals surface area contributed by atoms with Gasteiger partial charge in [-0.05, 0) is 56.0 Å². The highest BCUT2D eigenvalue weighted by Crippen LogP contribution is 2.42. The van der Waals surface area contributed by atoms with E-state index in [1.165, 1.54) is 0 Å². The van der Waals surface area contributed by atoms with Gasteiger partial charge in [0.15, 0.2) is 21.2 Å². The summed E-state index contributed by atoms with van der Waals surface area (Å²) in [7, 11) is -2.40. The molecule has 4 rings (SSSR count). The third kappa shape index (κ3) is 4.25. The van der Waals surface area contributed by atoms with E-state index in [0.29, 0.717) is 35.5 Å². The van der Waals surface area contributed by atoms with Crippen molar-refractivity contribution in [2.45, 2.75) is 55.8 Å². The summed E-state index contributed by atoms with van der Waals surface area (Å²) < 4.78 is 41.6. The van der Waals surface area contributed by atoms with Crippen LogP contribution in [-0.2, 0) is 26.0 Å². The van der Waals surface area contributed by atoms with Crippen LogP contribution in [0.25, 0.3) is 11.4 Å². The van der Waals surface area contributed by atoms with Gasteiger partial charge in [-0.2, -0.15) is 4.98 Å². The van der Waals surface area contributed by atoms with Crippen LogP contribution in [0.3, 0.4) is 0 Å². The Morgan fingerprint density at radius 3 is 2.61 bits per heavy atom. The molecule has 1 fully saturated rings. The van der Waals surface area contributed by atoms with Crippen LogP contribution >= 0.6 is 0 Å². The van der Waals surface area contributed by atoms with Crippen molar-refractivity contribution in [3.63, 3.8) is 0 Å². The van der Waals surface area contributed by atoms with Crippen LogP contribution in [0.4, 0.5) is 0 Å². The van der Waals surface area contributed by atoms with Gasteiger partial charge in [0.1, 0.15) is 5.75 Å². The molecule has 1 aromatic heterocycles. The number of ether oxygens (including phenoxy) is 2. The highest BCUT2D eigenvalue weighted by molar-refractivity contribution is 7.93. The Bertz CT molecular complexity index is 1280.